The number of nitrogens with one attached hydrogen (secondary N) is 1. The number of amides is 1. The third kappa shape index (κ3) is 13.7. The molecule has 0 bridgehead atoms. The predicted octanol–water partition coefficient (Wildman–Crippen LogP) is 9.33. The molecule has 0 aliphatic heterocycles. The Kier molecular flexibility index (Phi) is 16.7. The Balaban J connectivity index is 1.41. The number of halogens is 2. The quantitative estimate of drug-likeness (QED) is 0.149. The predicted molar refractivity (Wildman–Crippen MR) is 154 cm³/mol. The first kappa shape index (κ1) is 30.7. The SMILES string of the molecule is CCCCCCCCCCCCCCCCCCNC(=O)c1ccn(COc2ccc(Br)cc2Cl)n1. The molecule has 0 saturated heterocycles. The fourth-order valence-corrected chi connectivity index (χ4v) is 4.98. The van der Waals surface area contributed by atoms with Gasteiger partial charge in [0.25, 0.3) is 5.91 Å². The van der Waals surface area contributed by atoms with Gasteiger partial charge in [0.2, 0.25) is 0 Å². The maximum atomic E-state index is 12.3. The molecule has 0 spiro atoms. The topological polar surface area (TPSA) is 56.2 Å². The first-order chi connectivity index (χ1) is 17.6. The summed E-state index contributed by atoms with van der Waals surface area (Å²) in [4.78, 5) is 12.3. The van der Waals surface area contributed by atoms with Gasteiger partial charge >= 0.3 is 0 Å². The molecule has 1 aromatic heterocycles. The smallest absolute Gasteiger partial charge is 0.271 e. The molecule has 2 aromatic rings. The molecule has 5 nitrogen and oxygen atoms in total. The molecule has 1 heterocycles. The van der Waals surface area contributed by atoms with Crippen molar-refractivity contribution in [2.24, 2.45) is 0 Å². The van der Waals surface area contributed by atoms with Crippen molar-refractivity contribution in [3.8, 4) is 5.75 Å². The first-order valence-electron chi connectivity index (χ1n) is 14.0. The van der Waals surface area contributed by atoms with E-state index in [1.165, 1.54) is 89.9 Å². The van der Waals surface area contributed by atoms with Crippen LogP contribution in [-0.2, 0) is 6.73 Å². The number of carbonyl (C=O) groups excluding carboxylic acids is 1. The number of nitrogens with zero attached hydrogens (tertiary/aromatic N) is 2. The van der Waals surface area contributed by atoms with E-state index in [-0.39, 0.29) is 12.6 Å². The zero-order valence-electron chi connectivity index (χ0n) is 22.1. The van der Waals surface area contributed by atoms with Crippen LogP contribution in [0.15, 0.2) is 34.9 Å². The number of benzene rings is 1. The van der Waals surface area contributed by atoms with E-state index in [1.807, 2.05) is 6.07 Å². The Bertz CT molecular complexity index is 859. The number of rotatable bonds is 21. The maximum Gasteiger partial charge on any atom is 0.271 e. The van der Waals surface area contributed by atoms with E-state index >= 15 is 0 Å². The third-order valence-corrected chi connectivity index (χ3v) is 7.22. The summed E-state index contributed by atoms with van der Waals surface area (Å²) in [5, 5.41) is 7.79. The fraction of sp³-hybridized carbons (Fsp3) is 0.655. The van der Waals surface area contributed by atoms with Gasteiger partial charge in [-0.25, -0.2) is 4.68 Å². The molecule has 2 rings (SSSR count). The summed E-state index contributed by atoms with van der Waals surface area (Å²) in [5.74, 6) is 0.432. The number of carbonyl (C=O) groups is 1. The van der Waals surface area contributed by atoms with Crippen LogP contribution in [0.1, 0.15) is 120 Å². The van der Waals surface area contributed by atoms with Gasteiger partial charge in [-0.05, 0) is 30.7 Å². The van der Waals surface area contributed by atoms with Crippen LogP contribution in [0.5, 0.6) is 5.75 Å². The van der Waals surface area contributed by atoms with Gasteiger partial charge in [-0.1, -0.05) is 131 Å². The number of ether oxygens (including phenoxy) is 1. The Hall–Kier alpha value is -1.53. The minimum atomic E-state index is -0.142. The molecule has 0 atom stereocenters. The highest BCUT2D eigenvalue weighted by molar-refractivity contribution is 9.10. The molecule has 202 valence electrons. The monoisotopic (exact) mass is 581 g/mol. The highest BCUT2D eigenvalue weighted by atomic mass is 79.9. The second-order valence-electron chi connectivity index (χ2n) is 9.65. The van der Waals surface area contributed by atoms with Gasteiger partial charge in [0.05, 0.1) is 5.02 Å². The Labute approximate surface area is 231 Å². The van der Waals surface area contributed by atoms with Crippen molar-refractivity contribution in [1.82, 2.24) is 15.1 Å². The lowest BCUT2D eigenvalue weighted by Crippen LogP contribution is -2.25. The van der Waals surface area contributed by atoms with Crippen molar-refractivity contribution in [2.75, 3.05) is 6.54 Å². The third-order valence-electron chi connectivity index (χ3n) is 6.44. The van der Waals surface area contributed by atoms with E-state index in [4.69, 9.17) is 16.3 Å². The van der Waals surface area contributed by atoms with Crippen LogP contribution < -0.4 is 10.1 Å². The Morgan fingerprint density at radius 3 is 2.00 bits per heavy atom. The van der Waals surface area contributed by atoms with E-state index in [9.17, 15) is 4.79 Å². The number of hydrogen-bond acceptors (Lipinski definition) is 3. The normalized spacial score (nSPS) is 11.1. The van der Waals surface area contributed by atoms with Gasteiger partial charge in [-0.3, -0.25) is 4.79 Å². The van der Waals surface area contributed by atoms with Crippen LogP contribution in [0.4, 0.5) is 0 Å². The zero-order chi connectivity index (χ0) is 25.8. The lowest BCUT2D eigenvalue weighted by atomic mass is 10.0. The molecule has 0 aliphatic rings. The molecule has 0 fully saturated rings. The summed E-state index contributed by atoms with van der Waals surface area (Å²) < 4.78 is 8.16. The van der Waals surface area contributed by atoms with Crippen molar-refractivity contribution in [3.63, 3.8) is 0 Å². The van der Waals surface area contributed by atoms with Crippen LogP contribution >= 0.6 is 27.5 Å². The summed E-state index contributed by atoms with van der Waals surface area (Å²) in [5.41, 5.74) is 0.400. The molecule has 36 heavy (non-hydrogen) atoms. The summed E-state index contributed by atoms with van der Waals surface area (Å²) in [6.45, 7) is 3.16. The summed E-state index contributed by atoms with van der Waals surface area (Å²) >= 11 is 9.54. The zero-order valence-corrected chi connectivity index (χ0v) is 24.4. The minimum absolute atomic E-state index is 0.142. The van der Waals surface area contributed by atoms with Crippen molar-refractivity contribution in [2.45, 2.75) is 116 Å². The minimum Gasteiger partial charge on any atom is -0.470 e. The standard InChI is InChI=1S/C29H45BrClN3O2/c1-2-3-4-5-6-7-8-9-10-11-12-13-14-15-16-17-21-32-29(35)27-20-22-34(33-27)24-36-28-19-18-25(30)23-26(28)31/h18-20,22-23H,2-17,21,24H2,1H3,(H,32,35). The molecular weight excluding hydrogens is 538 g/mol. The number of aromatic nitrogens is 2. The number of unbranched alkanes of at least 4 members (excludes halogenated alkanes) is 15. The van der Waals surface area contributed by atoms with E-state index in [2.05, 4.69) is 33.3 Å². The second kappa shape index (κ2) is 19.6. The molecule has 7 heteroatoms. The molecule has 0 unspecified atom stereocenters. The summed E-state index contributed by atoms with van der Waals surface area (Å²) in [6, 6.07) is 7.14. The highest BCUT2D eigenvalue weighted by Crippen LogP contribution is 2.27. The first-order valence-corrected chi connectivity index (χ1v) is 15.2. The summed E-state index contributed by atoms with van der Waals surface area (Å²) in [6.07, 6.45) is 23.3. The number of hydrogen-bond donors (Lipinski definition) is 1. The van der Waals surface area contributed by atoms with E-state index in [0.717, 1.165) is 17.3 Å². The summed E-state index contributed by atoms with van der Waals surface area (Å²) in [7, 11) is 0. The molecular formula is C29H45BrClN3O2. The average molecular weight is 583 g/mol. The Morgan fingerprint density at radius 1 is 0.889 bits per heavy atom. The van der Waals surface area contributed by atoms with E-state index < -0.39 is 0 Å². The van der Waals surface area contributed by atoms with E-state index in [0.29, 0.717) is 23.0 Å². The van der Waals surface area contributed by atoms with Crippen LogP contribution in [0.25, 0.3) is 0 Å². The molecule has 0 saturated carbocycles. The van der Waals surface area contributed by atoms with Gasteiger partial charge in [0.1, 0.15) is 11.4 Å². The lowest BCUT2D eigenvalue weighted by molar-refractivity contribution is 0.0946. The second-order valence-corrected chi connectivity index (χ2v) is 11.0. The largest absolute Gasteiger partial charge is 0.470 e. The van der Waals surface area contributed by atoms with Gasteiger partial charge in [0, 0.05) is 17.2 Å². The Morgan fingerprint density at radius 2 is 1.44 bits per heavy atom. The fourth-order valence-electron chi connectivity index (χ4n) is 4.25. The average Bonchev–Trinajstić information content (AvgIpc) is 3.34. The lowest BCUT2D eigenvalue weighted by Gasteiger charge is -2.08. The molecule has 1 amide bonds. The van der Waals surface area contributed by atoms with Crippen LogP contribution in [0, 0.1) is 0 Å². The molecule has 0 radical (unpaired) electrons. The molecule has 1 N–H and O–H groups in total. The highest BCUT2D eigenvalue weighted by Gasteiger charge is 2.09. The molecule has 0 aliphatic carbocycles. The van der Waals surface area contributed by atoms with Gasteiger partial charge < -0.3 is 10.1 Å². The van der Waals surface area contributed by atoms with Gasteiger partial charge in [-0.15, -0.1) is 0 Å². The molecule has 1 aromatic carbocycles. The van der Waals surface area contributed by atoms with Crippen molar-refractivity contribution < 1.29 is 9.53 Å². The van der Waals surface area contributed by atoms with Crippen LogP contribution in [-0.4, -0.2) is 22.2 Å². The maximum absolute atomic E-state index is 12.3. The van der Waals surface area contributed by atoms with E-state index in [1.54, 1.807) is 29.1 Å². The van der Waals surface area contributed by atoms with Crippen LogP contribution in [0.3, 0.4) is 0 Å². The van der Waals surface area contributed by atoms with Crippen molar-refractivity contribution in [1.29, 1.82) is 0 Å². The van der Waals surface area contributed by atoms with Crippen molar-refractivity contribution in [3.05, 3.63) is 45.7 Å². The van der Waals surface area contributed by atoms with Crippen molar-refractivity contribution >= 4 is 33.4 Å². The van der Waals surface area contributed by atoms with Crippen LogP contribution in [0.2, 0.25) is 5.02 Å². The van der Waals surface area contributed by atoms with Gasteiger partial charge in [0.15, 0.2) is 6.73 Å². The van der Waals surface area contributed by atoms with Gasteiger partial charge in [-0.2, -0.15) is 5.10 Å².